The first kappa shape index (κ1) is 18.4. The number of methoxy groups -OCH3 is 2. The first-order chi connectivity index (χ1) is 12.6. The number of hydrogen-bond donors (Lipinski definition) is 2. The summed E-state index contributed by atoms with van der Waals surface area (Å²) in [5.74, 6) is 1.67. The van der Waals surface area contributed by atoms with Crippen molar-refractivity contribution in [2.24, 2.45) is 0 Å². The average molecular weight is 389 g/mol. The fourth-order valence-corrected chi connectivity index (χ4v) is 3.99. The molecule has 0 spiro atoms. The van der Waals surface area contributed by atoms with E-state index in [1.807, 2.05) is 30.3 Å². The van der Waals surface area contributed by atoms with Crippen molar-refractivity contribution >= 4 is 40.3 Å². The highest BCUT2D eigenvalue weighted by Crippen LogP contribution is 2.37. The number of H-pyrrole nitrogens is 1. The summed E-state index contributed by atoms with van der Waals surface area (Å²) >= 11 is 7.70. The van der Waals surface area contributed by atoms with Crippen LogP contribution < -0.4 is 15.0 Å². The first-order valence-electron chi connectivity index (χ1n) is 7.77. The lowest BCUT2D eigenvalue weighted by Gasteiger charge is -2.13. The van der Waals surface area contributed by atoms with Crippen LogP contribution in [0.4, 0.5) is 0 Å². The number of nitrogens with one attached hydrogen (secondary N) is 2. The molecule has 0 aliphatic rings. The topological polar surface area (TPSA) is 75.2 Å². The van der Waals surface area contributed by atoms with Gasteiger partial charge in [-0.3, -0.25) is 4.79 Å². The van der Waals surface area contributed by atoms with Crippen molar-refractivity contribution in [2.45, 2.75) is 10.8 Å². The summed E-state index contributed by atoms with van der Waals surface area (Å²) < 4.78 is 10.7. The lowest BCUT2D eigenvalue weighted by molar-refractivity contribution is 0.356. The lowest BCUT2D eigenvalue weighted by Crippen LogP contribution is -2.13. The van der Waals surface area contributed by atoms with Crippen LogP contribution in [0.2, 0.25) is 5.02 Å². The summed E-state index contributed by atoms with van der Waals surface area (Å²) in [5, 5.41) is 10.4. The molecule has 2 aromatic carbocycles. The van der Waals surface area contributed by atoms with Gasteiger partial charge in [-0.05, 0) is 23.8 Å². The second-order valence-corrected chi connectivity index (χ2v) is 6.87. The number of rotatable bonds is 6. The minimum atomic E-state index is -0.318. The van der Waals surface area contributed by atoms with E-state index in [0.717, 1.165) is 17.2 Å². The normalized spacial score (nSPS) is 10.7. The monoisotopic (exact) mass is 388 g/mol. The second kappa shape index (κ2) is 7.85. The van der Waals surface area contributed by atoms with Gasteiger partial charge >= 0.3 is 0 Å². The number of aromatic amines is 1. The molecule has 0 atom stereocenters. The molecule has 3 rings (SSSR count). The number of fused-ring (bicyclic) bond motifs is 1. The van der Waals surface area contributed by atoms with Gasteiger partial charge in [-0.25, -0.2) is 0 Å². The number of aromatic nitrogens is 1. The number of benzene rings is 2. The fourth-order valence-electron chi connectivity index (χ4n) is 2.67. The average Bonchev–Trinajstić information content (AvgIpc) is 2.66. The standard InChI is InChI=1S/C19H17ClN2O3S/c1-24-16-7-12-13(8-17(16)25-2)19(22-18(23)14(12)9-21)26-10-11-5-3-4-6-15(11)20/h3-9,21H,10H2,1-2H3,(H,22,23). The van der Waals surface area contributed by atoms with Gasteiger partial charge in [0, 0.05) is 27.8 Å². The number of pyridine rings is 1. The van der Waals surface area contributed by atoms with Crippen molar-refractivity contribution in [1.29, 1.82) is 5.41 Å². The van der Waals surface area contributed by atoms with E-state index < -0.39 is 0 Å². The van der Waals surface area contributed by atoms with E-state index in [0.29, 0.717) is 32.7 Å². The molecule has 7 heteroatoms. The van der Waals surface area contributed by atoms with Crippen LogP contribution in [0.5, 0.6) is 11.5 Å². The third kappa shape index (κ3) is 3.43. The summed E-state index contributed by atoms with van der Waals surface area (Å²) in [4.78, 5) is 15.3. The molecule has 0 saturated heterocycles. The van der Waals surface area contributed by atoms with Crippen LogP contribution in [-0.2, 0) is 5.75 Å². The number of halogens is 1. The highest BCUT2D eigenvalue weighted by molar-refractivity contribution is 7.98. The first-order valence-corrected chi connectivity index (χ1v) is 9.14. The molecule has 0 amide bonds. The van der Waals surface area contributed by atoms with Crippen LogP contribution in [0.15, 0.2) is 46.2 Å². The summed E-state index contributed by atoms with van der Waals surface area (Å²) in [5.41, 5.74) is 0.939. The molecule has 0 aliphatic heterocycles. The highest BCUT2D eigenvalue weighted by atomic mass is 35.5. The molecule has 0 aliphatic carbocycles. The molecule has 0 fully saturated rings. The van der Waals surface area contributed by atoms with E-state index in [-0.39, 0.29) is 11.1 Å². The van der Waals surface area contributed by atoms with E-state index in [2.05, 4.69) is 4.98 Å². The molecule has 3 aromatic rings. The van der Waals surface area contributed by atoms with Crippen molar-refractivity contribution in [3.63, 3.8) is 0 Å². The molecular weight excluding hydrogens is 372 g/mol. The summed E-state index contributed by atoms with van der Waals surface area (Å²) in [6.45, 7) is 0. The van der Waals surface area contributed by atoms with E-state index >= 15 is 0 Å². The van der Waals surface area contributed by atoms with Gasteiger partial charge in [0.05, 0.1) is 24.8 Å². The van der Waals surface area contributed by atoms with Gasteiger partial charge < -0.3 is 19.9 Å². The van der Waals surface area contributed by atoms with Crippen LogP contribution >= 0.6 is 23.4 Å². The predicted molar refractivity (Wildman–Crippen MR) is 107 cm³/mol. The zero-order valence-corrected chi connectivity index (χ0v) is 15.8. The lowest BCUT2D eigenvalue weighted by atomic mass is 10.1. The van der Waals surface area contributed by atoms with E-state index in [9.17, 15) is 4.79 Å². The third-order valence-corrected chi connectivity index (χ3v) is 5.44. The number of hydrogen-bond acceptors (Lipinski definition) is 5. The van der Waals surface area contributed by atoms with Crippen LogP contribution in [0, 0.1) is 5.41 Å². The Kier molecular flexibility index (Phi) is 5.54. The Hall–Kier alpha value is -2.44. The zero-order valence-electron chi connectivity index (χ0n) is 14.3. The van der Waals surface area contributed by atoms with Crippen molar-refractivity contribution in [3.05, 3.63) is 62.9 Å². The van der Waals surface area contributed by atoms with Crippen LogP contribution in [-0.4, -0.2) is 25.4 Å². The van der Waals surface area contributed by atoms with Gasteiger partial charge in [0.2, 0.25) is 0 Å². The minimum absolute atomic E-state index is 0.281. The maximum absolute atomic E-state index is 12.4. The Morgan fingerprint density at radius 1 is 1.15 bits per heavy atom. The maximum Gasteiger partial charge on any atom is 0.258 e. The molecule has 134 valence electrons. The number of ether oxygens (including phenoxy) is 2. The molecule has 0 unspecified atom stereocenters. The van der Waals surface area contributed by atoms with E-state index in [4.69, 9.17) is 26.5 Å². The summed E-state index contributed by atoms with van der Waals surface area (Å²) in [6, 6.07) is 11.1. The van der Waals surface area contributed by atoms with Crippen molar-refractivity contribution < 1.29 is 9.47 Å². The van der Waals surface area contributed by atoms with Crippen molar-refractivity contribution in [2.75, 3.05) is 14.2 Å². The number of thioether (sulfide) groups is 1. The van der Waals surface area contributed by atoms with Gasteiger partial charge in [-0.2, -0.15) is 0 Å². The van der Waals surface area contributed by atoms with Gasteiger partial charge in [0.15, 0.2) is 11.5 Å². The Morgan fingerprint density at radius 3 is 2.42 bits per heavy atom. The van der Waals surface area contributed by atoms with Gasteiger partial charge in [0.1, 0.15) is 0 Å². The van der Waals surface area contributed by atoms with Crippen LogP contribution in [0.3, 0.4) is 0 Å². The fraction of sp³-hybridized carbons (Fsp3) is 0.158. The smallest absolute Gasteiger partial charge is 0.258 e. The second-order valence-electron chi connectivity index (χ2n) is 5.47. The largest absolute Gasteiger partial charge is 0.493 e. The Labute approximate surface area is 159 Å². The Balaban J connectivity index is 2.14. The van der Waals surface area contributed by atoms with Crippen LogP contribution in [0.25, 0.3) is 10.8 Å². The summed E-state index contributed by atoms with van der Waals surface area (Å²) in [6.07, 6.45) is 1.05. The molecular formula is C19H17ClN2O3S. The van der Waals surface area contributed by atoms with E-state index in [1.54, 1.807) is 13.2 Å². The molecule has 0 radical (unpaired) electrons. The third-order valence-electron chi connectivity index (χ3n) is 4.00. The van der Waals surface area contributed by atoms with Crippen LogP contribution in [0.1, 0.15) is 11.1 Å². The van der Waals surface area contributed by atoms with Gasteiger partial charge in [0.25, 0.3) is 5.56 Å². The highest BCUT2D eigenvalue weighted by Gasteiger charge is 2.15. The molecule has 5 nitrogen and oxygen atoms in total. The predicted octanol–water partition coefficient (Wildman–Crippen LogP) is 4.49. The molecule has 2 N–H and O–H groups in total. The Bertz CT molecular complexity index is 1030. The molecule has 1 aromatic heterocycles. The quantitative estimate of drug-likeness (QED) is 0.482. The Morgan fingerprint density at radius 2 is 1.81 bits per heavy atom. The molecule has 0 saturated carbocycles. The molecule has 0 bridgehead atoms. The SMILES string of the molecule is COc1cc2c(SCc3ccccc3Cl)[nH]c(=O)c(C=N)c2cc1OC. The maximum atomic E-state index is 12.4. The van der Waals surface area contributed by atoms with E-state index in [1.165, 1.54) is 18.9 Å². The van der Waals surface area contributed by atoms with Crippen molar-refractivity contribution in [3.8, 4) is 11.5 Å². The molecule has 1 heterocycles. The van der Waals surface area contributed by atoms with Gasteiger partial charge in [-0.15, -0.1) is 11.8 Å². The minimum Gasteiger partial charge on any atom is -0.493 e. The molecule has 26 heavy (non-hydrogen) atoms. The van der Waals surface area contributed by atoms with Gasteiger partial charge in [-0.1, -0.05) is 29.8 Å². The zero-order chi connectivity index (χ0) is 18.7. The van der Waals surface area contributed by atoms with Crippen molar-refractivity contribution in [1.82, 2.24) is 4.98 Å². The summed E-state index contributed by atoms with van der Waals surface area (Å²) in [7, 11) is 3.09.